The van der Waals surface area contributed by atoms with E-state index in [1.807, 2.05) is 6.20 Å². The van der Waals surface area contributed by atoms with Crippen molar-refractivity contribution in [2.24, 2.45) is 5.92 Å². The second kappa shape index (κ2) is 3.23. The van der Waals surface area contributed by atoms with Crippen LogP contribution in [0.15, 0.2) is 6.20 Å². The van der Waals surface area contributed by atoms with E-state index in [2.05, 4.69) is 15.1 Å². The van der Waals surface area contributed by atoms with Gasteiger partial charge >= 0.3 is 0 Å². The van der Waals surface area contributed by atoms with E-state index in [0.29, 0.717) is 11.8 Å². The Morgan fingerprint density at radius 1 is 1.19 bits per heavy atom. The quantitative estimate of drug-likeness (QED) is 0.744. The number of rotatable bonds is 2. The van der Waals surface area contributed by atoms with Crippen molar-refractivity contribution in [1.29, 1.82) is 0 Å². The Balaban J connectivity index is 1.64. The molecule has 0 amide bonds. The molecule has 3 unspecified atom stereocenters. The van der Waals surface area contributed by atoms with Crippen molar-refractivity contribution in [2.75, 3.05) is 19.6 Å². The number of hydrogen-bond donors (Lipinski definition) is 0. The molecule has 1 aromatic heterocycles. The molecule has 0 spiro atoms. The van der Waals surface area contributed by atoms with Crippen LogP contribution in [-0.2, 0) is 0 Å². The summed E-state index contributed by atoms with van der Waals surface area (Å²) in [5.41, 5.74) is 1.20. The molecule has 4 nitrogen and oxygen atoms in total. The van der Waals surface area contributed by atoms with Gasteiger partial charge in [-0.25, -0.2) is 4.98 Å². The first kappa shape index (κ1) is 9.05. The van der Waals surface area contributed by atoms with Crippen molar-refractivity contribution in [3.05, 3.63) is 17.7 Å². The predicted molar refractivity (Wildman–Crippen MR) is 59.1 cm³/mol. The highest BCUT2D eigenvalue weighted by atomic mass is 15.2. The third kappa shape index (κ3) is 1.36. The summed E-state index contributed by atoms with van der Waals surface area (Å²) in [7, 11) is 0. The van der Waals surface area contributed by atoms with Gasteiger partial charge in [0.25, 0.3) is 0 Å². The Hall–Kier alpha value is -1.03. The molecule has 3 heterocycles. The van der Waals surface area contributed by atoms with Crippen LogP contribution in [0.5, 0.6) is 0 Å². The first-order valence-electron chi connectivity index (χ1n) is 6.32. The topological polar surface area (TPSA) is 41.9 Å². The SMILES string of the molecule is c1nnc(C2CC2)nc1C1CN2CCC1C2. The summed E-state index contributed by atoms with van der Waals surface area (Å²) in [6, 6.07) is 0. The molecule has 3 fully saturated rings. The molecule has 4 heteroatoms. The van der Waals surface area contributed by atoms with Crippen molar-refractivity contribution < 1.29 is 0 Å². The van der Waals surface area contributed by atoms with Gasteiger partial charge in [0.1, 0.15) is 0 Å². The average Bonchev–Trinajstić information content (AvgIpc) is 2.98. The van der Waals surface area contributed by atoms with Gasteiger partial charge in [-0.3, -0.25) is 0 Å². The molecule has 3 atom stereocenters. The monoisotopic (exact) mass is 216 g/mol. The molecule has 1 aliphatic carbocycles. The van der Waals surface area contributed by atoms with Gasteiger partial charge in [0.2, 0.25) is 0 Å². The minimum absolute atomic E-state index is 0.617. The summed E-state index contributed by atoms with van der Waals surface area (Å²) >= 11 is 0. The molecule has 2 bridgehead atoms. The Morgan fingerprint density at radius 3 is 2.81 bits per heavy atom. The van der Waals surface area contributed by atoms with Crippen molar-refractivity contribution >= 4 is 0 Å². The number of aromatic nitrogens is 3. The molecule has 0 radical (unpaired) electrons. The Morgan fingerprint density at radius 2 is 2.12 bits per heavy atom. The van der Waals surface area contributed by atoms with Gasteiger partial charge in [0.15, 0.2) is 5.82 Å². The van der Waals surface area contributed by atoms with Gasteiger partial charge in [0, 0.05) is 24.9 Å². The number of hydrogen-bond acceptors (Lipinski definition) is 4. The van der Waals surface area contributed by atoms with Gasteiger partial charge in [-0.05, 0) is 31.7 Å². The Labute approximate surface area is 95.1 Å². The molecular formula is C12H16N4. The molecule has 2 aliphatic heterocycles. The van der Waals surface area contributed by atoms with Crippen LogP contribution in [0, 0.1) is 5.92 Å². The van der Waals surface area contributed by atoms with Gasteiger partial charge in [0.05, 0.1) is 11.9 Å². The van der Waals surface area contributed by atoms with Gasteiger partial charge < -0.3 is 4.90 Å². The van der Waals surface area contributed by atoms with E-state index in [4.69, 9.17) is 4.98 Å². The maximum Gasteiger partial charge on any atom is 0.154 e. The van der Waals surface area contributed by atoms with E-state index in [9.17, 15) is 0 Å². The lowest BCUT2D eigenvalue weighted by Gasteiger charge is -2.21. The van der Waals surface area contributed by atoms with Gasteiger partial charge in [-0.1, -0.05) is 0 Å². The summed E-state index contributed by atoms with van der Waals surface area (Å²) in [6.45, 7) is 3.75. The third-order valence-electron chi connectivity index (χ3n) is 4.25. The van der Waals surface area contributed by atoms with Crippen molar-refractivity contribution in [2.45, 2.75) is 31.1 Å². The van der Waals surface area contributed by atoms with Crippen LogP contribution in [0.1, 0.15) is 42.6 Å². The summed E-state index contributed by atoms with van der Waals surface area (Å²) < 4.78 is 0. The zero-order valence-corrected chi connectivity index (χ0v) is 9.34. The summed E-state index contributed by atoms with van der Waals surface area (Å²) in [6.07, 6.45) is 5.74. The van der Waals surface area contributed by atoms with Gasteiger partial charge in [-0.15, -0.1) is 5.10 Å². The maximum atomic E-state index is 4.74. The third-order valence-corrected chi connectivity index (χ3v) is 4.25. The lowest BCUT2D eigenvalue weighted by molar-refractivity contribution is 0.343. The fourth-order valence-electron chi connectivity index (χ4n) is 3.14. The summed E-state index contributed by atoms with van der Waals surface area (Å²) in [4.78, 5) is 7.29. The van der Waals surface area contributed by atoms with Crippen LogP contribution in [0.3, 0.4) is 0 Å². The molecular weight excluding hydrogens is 200 g/mol. The predicted octanol–water partition coefficient (Wildman–Crippen LogP) is 1.17. The highest BCUT2D eigenvalue weighted by Crippen LogP contribution is 2.41. The molecule has 16 heavy (non-hydrogen) atoms. The normalized spacial score (nSPS) is 36.9. The summed E-state index contributed by atoms with van der Waals surface area (Å²) in [5.74, 6) is 3.06. The fraction of sp³-hybridized carbons (Fsp3) is 0.750. The minimum atomic E-state index is 0.617. The van der Waals surface area contributed by atoms with E-state index in [0.717, 1.165) is 11.7 Å². The second-order valence-electron chi connectivity index (χ2n) is 5.43. The standard InChI is InChI=1S/C12H16N4/c1-2-8(1)12-14-11(5-13-15-12)10-7-16-4-3-9(10)6-16/h5,8-10H,1-4,6-7H2. The van der Waals surface area contributed by atoms with Crippen LogP contribution < -0.4 is 0 Å². The zero-order chi connectivity index (χ0) is 10.5. The molecule has 84 valence electrons. The lowest BCUT2D eigenvalue weighted by Crippen LogP contribution is -2.23. The smallest absolute Gasteiger partial charge is 0.154 e. The molecule has 1 aromatic rings. The van der Waals surface area contributed by atoms with Crippen molar-refractivity contribution in [3.8, 4) is 0 Å². The largest absolute Gasteiger partial charge is 0.302 e. The van der Waals surface area contributed by atoms with Crippen molar-refractivity contribution in [3.63, 3.8) is 0 Å². The number of nitrogens with zero attached hydrogens (tertiary/aromatic N) is 4. The van der Waals surface area contributed by atoms with Crippen molar-refractivity contribution in [1.82, 2.24) is 20.1 Å². The minimum Gasteiger partial charge on any atom is -0.302 e. The molecule has 0 N–H and O–H groups in total. The van der Waals surface area contributed by atoms with Gasteiger partial charge in [-0.2, -0.15) is 5.10 Å². The fourth-order valence-corrected chi connectivity index (χ4v) is 3.14. The maximum absolute atomic E-state index is 4.74. The van der Waals surface area contributed by atoms with Crippen LogP contribution in [-0.4, -0.2) is 39.7 Å². The van der Waals surface area contributed by atoms with Crippen LogP contribution in [0.4, 0.5) is 0 Å². The number of piperidine rings is 1. The Kier molecular flexibility index (Phi) is 1.83. The molecule has 4 rings (SSSR count). The first-order valence-corrected chi connectivity index (χ1v) is 6.32. The first-order chi connectivity index (χ1) is 7.90. The summed E-state index contributed by atoms with van der Waals surface area (Å²) in [5, 5.41) is 8.30. The molecule has 3 aliphatic rings. The second-order valence-corrected chi connectivity index (χ2v) is 5.43. The van der Waals surface area contributed by atoms with E-state index in [-0.39, 0.29) is 0 Å². The van der Waals surface area contributed by atoms with E-state index < -0.39 is 0 Å². The molecule has 2 saturated heterocycles. The highest BCUT2D eigenvalue weighted by Gasteiger charge is 2.40. The van der Waals surface area contributed by atoms with E-state index in [1.54, 1.807) is 0 Å². The average molecular weight is 216 g/mol. The van der Waals surface area contributed by atoms with Crippen LogP contribution in [0.25, 0.3) is 0 Å². The number of fused-ring (bicyclic) bond motifs is 2. The highest BCUT2D eigenvalue weighted by molar-refractivity contribution is 5.15. The van der Waals surface area contributed by atoms with Crippen LogP contribution >= 0.6 is 0 Å². The zero-order valence-electron chi connectivity index (χ0n) is 9.34. The molecule has 1 saturated carbocycles. The van der Waals surface area contributed by atoms with E-state index >= 15 is 0 Å². The molecule has 0 aromatic carbocycles. The Bertz CT molecular complexity index is 415. The van der Waals surface area contributed by atoms with E-state index in [1.165, 1.54) is 44.6 Å². The van der Waals surface area contributed by atoms with Crippen LogP contribution in [0.2, 0.25) is 0 Å². The lowest BCUT2D eigenvalue weighted by atomic mass is 9.90.